The van der Waals surface area contributed by atoms with Gasteiger partial charge in [-0.05, 0) is 18.9 Å². The van der Waals surface area contributed by atoms with Gasteiger partial charge in [0, 0.05) is 12.7 Å². The van der Waals surface area contributed by atoms with E-state index < -0.39 is 0 Å². The summed E-state index contributed by atoms with van der Waals surface area (Å²) in [6, 6.07) is 2.02. The number of nitrogens with one attached hydrogen (secondary N) is 1. The van der Waals surface area contributed by atoms with E-state index in [1.807, 2.05) is 13.0 Å². The maximum atomic E-state index is 11.1. The molecular formula is C10H17N3O. The summed E-state index contributed by atoms with van der Waals surface area (Å²) >= 11 is 0. The van der Waals surface area contributed by atoms with E-state index in [1.165, 1.54) is 0 Å². The smallest absolute Gasteiger partial charge is 0.241 e. The Kier molecular flexibility index (Phi) is 3.28. The van der Waals surface area contributed by atoms with Crippen LogP contribution in [0.2, 0.25) is 0 Å². The lowest BCUT2D eigenvalue weighted by atomic mass is 10.1. The van der Waals surface area contributed by atoms with Crippen LogP contribution >= 0.6 is 0 Å². The van der Waals surface area contributed by atoms with Gasteiger partial charge >= 0.3 is 0 Å². The molecule has 0 aromatic carbocycles. The van der Waals surface area contributed by atoms with Crippen molar-refractivity contribution >= 4 is 5.91 Å². The first-order chi connectivity index (χ1) is 6.54. The number of amides is 1. The van der Waals surface area contributed by atoms with E-state index in [0.717, 1.165) is 11.4 Å². The highest BCUT2D eigenvalue weighted by Gasteiger charge is 2.09. The quantitative estimate of drug-likeness (QED) is 0.784. The molecule has 0 aliphatic rings. The molecule has 0 fully saturated rings. The molecular weight excluding hydrogens is 178 g/mol. The summed E-state index contributed by atoms with van der Waals surface area (Å²) in [5, 5.41) is 6.93. The van der Waals surface area contributed by atoms with Crippen molar-refractivity contribution in [3.63, 3.8) is 0 Å². The number of aryl methyl sites for hydroxylation is 1. The van der Waals surface area contributed by atoms with Crippen molar-refractivity contribution in [1.82, 2.24) is 15.1 Å². The number of rotatable bonds is 3. The maximum Gasteiger partial charge on any atom is 0.241 e. The summed E-state index contributed by atoms with van der Waals surface area (Å²) in [5.74, 6) is 0.381. The molecule has 1 N–H and O–H groups in total. The first-order valence-electron chi connectivity index (χ1n) is 4.79. The Morgan fingerprint density at radius 3 is 2.71 bits per heavy atom. The average molecular weight is 195 g/mol. The van der Waals surface area contributed by atoms with Crippen molar-refractivity contribution in [2.45, 2.75) is 33.2 Å². The van der Waals surface area contributed by atoms with Gasteiger partial charge in [0.15, 0.2) is 0 Å². The van der Waals surface area contributed by atoms with Crippen LogP contribution in [0.4, 0.5) is 0 Å². The van der Waals surface area contributed by atoms with Crippen LogP contribution in [0.25, 0.3) is 0 Å². The van der Waals surface area contributed by atoms with E-state index in [4.69, 9.17) is 0 Å². The molecule has 4 heteroatoms. The molecule has 0 spiro atoms. The Hall–Kier alpha value is -1.32. The molecule has 1 rings (SSSR count). The normalized spacial score (nSPS) is 10.6. The van der Waals surface area contributed by atoms with Crippen molar-refractivity contribution in [1.29, 1.82) is 0 Å². The summed E-state index contributed by atoms with van der Waals surface area (Å²) in [7, 11) is 1.63. The molecule has 1 heterocycles. The van der Waals surface area contributed by atoms with E-state index >= 15 is 0 Å². The summed E-state index contributed by atoms with van der Waals surface area (Å²) in [4.78, 5) is 11.1. The second kappa shape index (κ2) is 4.26. The average Bonchev–Trinajstić information content (AvgIpc) is 2.48. The fraction of sp³-hybridized carbons (Fsp3) is 0.600. The molecule has 0 aliphatic heterocycles. The molecule has 1 amide bonds. The zero-order valence-corrected chi connectivity index (χ0v) is 9.16. The Balaban J connectivity index is 2.82. The largest absolute Gasteiger partial charge is 0.358 e. The van der Waals surface area contributed by atoms with Gasteiger partial charge in [-0.1, -0.05) is 13.8 Å². The minimum absolute atomic E-state index is 0.0218. The summed E-state index contributed by atoms with van der Waals surface area (Å²) < 4.78 is 1.73. The van der Waals surface area contributed by atoms with Gasteiger partial charge in [-0.3, -0.25) is 9.48 Å². The number of nitrogens with zero attached hydrogens (tertiary/aromatic N) is 2. The van der Waals surface area contributed by atoms with Gasteiger partial charge in [0.1, 0.15) is 6.54 Å². The highest BCUT2D eigenvalue weighted by atomic mass is 16.1. The van der Waals surface area contributed by atoms with Gasteiger partial charge in [-0.15, -0.1) is 0 Å². The Labute approximate surface area is 84.3 Å². The molecule has 0 aliphatic carbocycles. The predicted molar refractivity (Wildman–Crippen MR) is 55.1 cm³/mol. The minimum Gasteiger partial charge on any atom is -0.358 e. The lowest BCUT2D eigenvalue weighted by Gasteiger charge is -2.02. The van der Waals surface area contributed by atoms with Gasteiger partial charge in [0.2, 0.25) is 5.91 Å². The SMILES string of the molecule is CNC(=O)Cn1nc(C(C)C)cc1C. The van der Waals surface area contributed by atoms with E-state index in [2.05, 4.69) is 24.3 Å². The number of likely N-dealkylation sites (N-methyl/N-ethyl adjacent to an activating group) is 1. The molecule has 14 heavy (non-hydrogen) atoms. The second-order valence-electron chi connectivity index (χ2n) is 3.70. The minimum atomic E-state index is -0.0218. The molecule has 0 saturated carbocycles. The Bertz CT molecular complexity index is 328. The fourth-order valence-corrected chi connectivity index (χ4v) is 1.19. The summed E-state index contributed by atoms with van der Waals surface area (Å²) in [6.07, 6.45) is 0. The van der Waals surface area contributed by atoms with Crippen LogP contribution in [-0.2, 0) is 11.3 Å². The lowest BCUT2D eigenvalue weighted by Crippen LogP contribution is -2.24. The zero-order chi connectivity index (χ0) is 10.7. The van der Waals surface area contributed by atoms with Crippen molar-refractivity contribution in [3.8, 4) is 0 Å². The van der Waals surface area contributed by atoms with Crippen molar-refractivity contribution in [2.75, 3.05) is 7.05 Å². The van der Waals surface area contributed by atoms with Gasteiger partial charge in [0.25, 0.3) is 0 Å². The monoisotopic (exact) mass is 195 g/mol. The van der Waals surface area contributed by atoms with Crippen molar-refractivity contribution in [3.05, 3.63) is 17.5 Å². The molecule has 0 unspecified atom stereocenters. The molecule has 4 nitrogen and oxygen atoms in total. The number of hydrogen-bond donors (Lipinski definition) is 1. The zero-order valence-electron chi connectivity index (χ0n) is 9.16. The van der Waals surface area contributed by atoms with Gasteiger partial charge in [-0.25, -0.2) is 0 Å². The van der Waals surface area contributed by atoms with Crippen molar-refractivity contribution < 1.29 is 4.79 Å². The molecule has 0 atom stereocenters. The van der Waals surface area contributed by atoms with Gasteiger partial charge in [0.05, 0.1) is 5.69 Å². The van der Waals surface area contributed by atoms with E-state index in [9.17, 15) is 4.79 Å². The van der Waals surface area contributed by atoms with E-state index in [-0.39, 0.29) is 5.91 Å². The van der Waals surface area contributed by atoms with Crippen LogP contribution in [0.5, 0.6) is 0 Å². The topological polar surface area (TPSA) is 46.9 Å². The standard InChI is InChI=1S/C10H17N3O/c1-7(2)9-5-8(3)13(12-9)6-10(14)11-4/h5,7H,6H2,1-4H3,(H,11,14). The fourth-order valence-electron chi connectivity index (χ4n) is 1.19. The summed E-state index contributed by atoms with van der Waals surface area (Å²) in [6.45, 7) is 6.44. The molecule has 0 saturated heterocycles. The highest BCUT2D eigenvalue weighted by molar-refractivity contribution is 5.75. The Morgan fingerprint density at radius 2 is 2.29 bits per heavy atom. The van der Waals surface area contributed by atoms with Crippen LogP contribution in [0.15, 0.2) is 6.07 Å². The number of aromatic nitrogens is 2. The maximum absolute atomic E-state index is 11.1. The van der Waals surface area contributed by atoms with E-state index in [1.54, 1.807) is 11.7 Å². The first-order valence-corrected chi connectivity index (χ1v) is 4.79. The van der Waals surface area contributed by atoms with Crippen LogP contribution in [0.1, 0.15) is 31.2 Å². The third-order valence-electron chi connectivity index (χ3n) is 2.16. The number of carbonyl (C=O) groups is 1. The number of carbonyl (C=O) groups excluding carboxylic acids is 1. The van der Waals surface area contributed by atoms with Gasteiger partial charge < -0.3 is 5.32 Å². The molecule has 1 aromatic rings. The number of hydrogen-bond acceptors (Lipinski definition) is 2. The third kappa shape index (κ3) is 2.34. The van der Waals surface area contributed by atoms with Crippen LogP contribution in [-0.4, -0.2) is 22.7 Å². The van der Waals surface area contributed by atoms with Crippen LogP contribution in [0.3, 0.4) is 0 Å². The first kappa shape index (κ1) is 10.8. The third-order valence-corrected chi connectivity index (χ3v) is 2.16. The van der Waals surface area contributed by atoms with Gasteiger partial charge in [-0.2, -0.15) is 5.10 Å². The molecule has 0 bridgehead atoms. The Morgan fingerprint density at radius 1 is 1.64 bits per heavy atom. The molecule has 78 valence electrons. The van der Waals surface area contributed by atoms with Crippen LogP contribution in [0, 0.1) is 6.92 Å². The van der Waals surface area contributed by atoms with E-state index in [0.29, 0.717) is 12.5 Å². The second-order valence-corrected chi connectivity index (χ2v) is 3.70. The lowest BCUT2D eigenvalue weighted by molar-refractivity contribution is -0.121. The van der Waals surface area contributed by atoms with Crippen LogP contribution < -0.4 is 5.32 Å². The molecule has 0 radical (unpaired) electrons. The predicted octanol–water partition coefficient (Wildman–Crippen LogP) is 1.06. The van der Waals surface area contributed by atoms with Crippen molar-refractivity contribution in [2.24, 2.45) is 0 Å². The molecule has 1 aromatic heterocycles. The highest BCUT2D eigenvalue weighted by Crippen LogP contribution is 2.13. The summed E-state index contributed by atoms with van der Waals surface area (Å²) in [5.41, 5.74) is 2.06.